The van der Waals surface area contributed by atoms with Gasteiger partial charge in [-0.2, -0.15) is 0 Å². The Labute approximate surface area is 113 Å². The first-order chi connectivity index (χ1) is 9.36. The Hall–Kier alpha value is -1.39. The number of rotatable bonds is 4. The number of aromatic nitrogens is 1. The Kier molecular flexibility index (Phi) is 3.80. The number of benzene rings is 1. The zero-order valence-electron chi connectivity index (χ0n) is 11.4. The molecule has 1 aromatic carbocycles. The van der Waals surface area contributed by atoms with Crippen LogP contribution in [0, 0.1) is 5.92 Å². The molecule has 2 N–H and O–H groups in total. The molecule has 1 fully saturated rings. The summed E-state index contributed by atoms with van der Waals surface area (Å²) in [6.45, 7) is 2.31. The highest BCUT2D eigenvalue weighted by atomic mass is 16.3. The Bertz CT molecular complexity index is 531. The van der Waals surface area contributed by atoms with Gasteiger partial charge in [-0.1, -0.05) is 6.07 Å². The molecule has 0 amide bonds. The quantitative estimate of drug-likeness (QED) is 0.885. The van der Waals surface area contributed by atoms with Gasteiger partial charge in [-0.05, 0) is 63.0 Å². The molecule has 102 valence electrons. The molecule has 0 bridgehead atoms. The summed E-state index contributed by atoms with van der Waals surface area (Å²) in [7, 11) is 2.03. The SMILES string of the molecule is CNC(CC1CCCNC1)c1ccc2ncoc2c1. The van der Waals surface area contributed by atoms with Gasteiger partial charge in [0.25, 0.3) is 0 Å². The molecule has 3 rings (SSSR count). The molecule has 2 atom stereocenters. The summed E-state index contributed by atoms with van der Waals surface area (Å²) >= 11 is 0. The number of fused-ring (bicyclic) bond motifs is 1. The summed E-state index contributed by atoms with van der Waals surface area (Å²) < 4.78 is 5.39. The van der Waals surface area contributed by atoms with Crippen molar-refractivity contribution < 1.29 is 4.42 Å². The van der Waals surface area contributed by atoms with E-state index in [0.29, 0.717) is 6.04 Å². The molecule has 0 radical (unpaired) electrons. The van der Waals surface area contributed by atoms with E-state index in [1.807, 2.05) is 13.1 Å². The van der Waals surface area contributed by atoms with Crippen LogP contribution in [-0.4, -0.2) is 25.1 Å². The summed E-state index contributed by atoms with van der Waals surface area (Å²) in [5.74, 6) is 0.761. The number of hydrogen-bond acceptors (Lipinski definition) is 4. The minimum absolute atomic E-state index is 0.388. The lowest BCUT2D eigenvalue weighted by molar-refractivity contribution is 0.322. The molecular weight excluding hydrogens is 238 g/mol. The molecule has 0 aliphatic carbocycles. The Morgan fingerprint density at radius 2 is 2.47 bits per heavy atom. The highest BCUT2D eigenvalue weighted by Gasteiger charge is 2.19. The molecule has 19 heavy (non-hydrogen) atoms. The zero-order valence-corrected chi connectivity index (χ0v) is 11.4. The van der Waals surface area contributed by atoms with E-state index in [2.05, 4.69) is 27.8 Å². The standard InChI is InChI=1S/C15H21N3O/c1-16-14(7-11-3-2-6-17-9-11)12-4-5-13-15(8-12)19-10-18-13/h4-5,8,10-11,14,16-17H,2-3,6-7,9H2,1H3. The van der Waals surface area contributed by atoms with Crippen molar-refractivity contribution in [2.24, 2.45) is 5.92 Å². The Balaban J connectivity index is 1.76. The molecule has 4 heteroatoms. The van der Waals surface area contributed by atoms with Gasteiger partial charge in [0.05, 0.1) is 0 Å². The maximum Gasteiger partial charge on any atom is 0.181 e. The second-order valence-corrected chi connectivity index (χ2v) is 5.37. The van der Waals surface area contributed by atoms with Gasteiger partial charge in [-0.3, -0.25) is 0 Å². The van der Waals surface area contributed by atoms with Crippen LogP contribution in [0.4, 0.5) is 0 Å². The van der Waals surface area contributed by atoms with Gasteiger partial charge in [0.15, 0.2) is 12.0 Å². The second kappa shape index (κ2) is 5.72. The van der Waals surface area contributed by atoms with Crippen molar-refractivity contribution in [1.29, 1.82) is 0 Å². The van der Waals surface area contributed by atoms with Gasteiger partial charge in [0.1, 0.15) is 5.52 Å². The molecule has 2 unspecified atom stereocenters. The fourth-order valence-electron chi connectivity index (χ4n) is 2.97. The van der Waals surface area contributed by atoms with Gasteiger partial charge in [0.2, 0.25) is 0 Å². The fourth-order valence-corrected chi connectivity index (χ4v) is 2.97. The van der Waals surface area contributed by atoms with Gasteiger partial charge < -0.3 is 15.1 Å². The van der Waals surface area contributed by atoms with E-state index in [9.17, 15) is 0 Å². The molecule has 2 aromatic rings. The minimum atomic E-state index is 0.388. The van der Waals surface area contributed by atoms with Crippen LogP contribution in [-0.2, 0) is 0 Å². The van der Waals surface area contributed by atoms with Crippen LogP contribution in [0.25, 0.3) is 11.1 Å². The van der Waals surface area contributed by atoms with Gasteiger partial charge in [0, 0.05) is 6.04 Å². The first-order valence-electron chi connectivity index (χ1n) is 7.08. The highest BCUT2D eigenvalue weighted by Crippen LogP contribution is 2.27. The summed E-state index contributed by atoms with van der Waals surface area (Å²) in [4.78, 5) is 4.16. The summed E-state index contributed by atoms with van der Waals surface area (Å²) in [5, 5.41) is 6.92. The highest BCUT2D eigenvalue weighted by molar-refractivity contribution is 5.72. The van der Waals surface area contributed by atoms with Crippen molar-refractivity contribution in [2.75, 3.05) is 20.1 Å². The third kappa shape index (κ3) is 2.80. The van der Waals surface area contributed by atoms with Crippen molar-refractivity contribution in [1.82, 2.24) is 15.6 Å². The number of hydrogen-bond donors (Lipinski definition) is 2. The largest absolute Gasteiger partial charge is 0.443 e. The molecule has 1 saturated heterocycles. The Morgan fingerprint density at radius 3 is 3.26 bits per heavy atom. The zero-order chi connectivity index (χ0) is 13.1. The second-order valence-electron chi connectivity index (χ2n) is 5.37. The molecule has 1 aliphatic rings. The number of nitrogens with one attached hydrogen (secondary N) is 2. The molecule has 1 aliphatic heterocycles. The topological polar surface area (TPSA) is 50.1 Å². The first kappa shape index (κ1) is 12.6. The molecule has 4 nitrogen and oxygen atoms in total. The van der Waals surface area contributed by atoms with E-state index >= 15 is 0 Å². The van der Waals surface area contributed by atoms with Crippen molar-refractivity contribution in [2.45, 2.75) is 25.3 Å². The van der Waals surface area contributed by atoms with E-state index in [1.165, 1.54) is 37.8 Å². The normalized spacial score (nSPS) is 21.6. The van der Waals surface area contributed by atoms with E-state index in [1.54, 1.807) is 0 Å². The number of oxazole rings is 1. The number of nitrogens with zero attached hydrogens (tertiary/aromatic N) is 1. The van der Waals surface area contributed by atoms with Gasteiger partial charge >= 0.3 is 0 Å². The van der Waals surface area contributed by atoms with Crippen molar-refractivity contribution in [3.8, 4) is 0 Å². The van der Waals surface area contributed by atoms with Crippen LogP contribution >= 0.6 is 0 Å². The predicted octanol–water partition coefficient (Wildman–Crippen LogP) is 2.48. The van der Waals surface area contributed by atoms with Crippen molar-refractivity contribution in [3.05, 3.63) is 30.2 Å². The smallest absolute Gasteiger partial charge is 0.181 e. The van der Waals surface area contributed by atoms with E-state index in [4.69, 9.17) is 4.42 Å². The minimum Gasteiger partial charge on any atom is -0.443 e. The van der Waals surface area contributed by atoms with E-state index in [-0.39, 0.29) is 0 Å². The summed E-state index contributed by atoms with van der Waals surface area (Å²) in [5.41, 5.74) is 3.09. The Morgan fingerprint density at radius 1 is 1.53 bits per heavy atom. The van der Waals surface area contributed by atoms with Crippen LogP contribution in [0.5, 0.6) is 0 Å². The molecule has 1 aromatic heterocycles. The average molecular weight is 259 g/mol. The summed E-state index contributed by atoms with van der Waals surface area (Å²) in [6.07, 6.45) is 5.30. The van der Waals surface area contributed by atoms with E-state index in [0.717, 1.165) is 23.6 Å². The van der Waals surface area contributed by atoms with Crippen LogP contribution in [0.15, 0.2) is 29.0 Å². The molecule has 2 heterocycles. The monoisotopic (exact) mass is 259 g/mol. The maximum absolute atomic E-state index is 5.39. The van der Waals surface area contributed by atoms with Crippen LogP contribution < -0.4 is 10.6 Å². The van der Waals surface area contributed by atoms with Crippen molar-refractivity contribution >= 4 is 11.1 Å². The van der Waals surface area contributed by atoms with Crippen LogP contribution in [0.1, 0.15) is 30.9 Å². The first-order valence-corrected chi connectivity index (χ1v) is 7.08. The summed E-state index contributed by atoms with van der Waals surface area (Å²) in [6, 6.07) is 6.69. The molecule has 0 saturated carbocycles. The van der Waals surface area contributed by atoms with E-state index < -0.39 is 0 Å². The third-order valence-electron chi connectivity index (χ3n) is 4.07. The molecular formula is C15H21N3O. The van der Waals surface area contributed by atoms with Gasteiger partial charge in [-0.15, -0.1) is 0 Å². The van der Waals surface area contributed by atoms with Crippen molar-refractivity contribution in [3.63, 3.8) is 0 Å². The molecule has 0 spiro atoms. The van der Waals surface area contributed by atoms with Gasteiger partial charge in [-0.25, -0.2) is 4.98 Å². The lowest BCUT2D eigenvalue weighted by Gasteiger charge is -2.27. The third-order valence-corrected chi connectivity index (χ3v) is 4.07. The lowest BCUT2D eigenvalue weighted by atomic mass is 9.89. The maximum atomic E-state index is 5.39. The number of piperidine rings is 1. The lowest BCUT2D eigenvalue weighted by Crippen LogP contribution is -2.32. The predicted molar refractivity (Wildman–Crippen MR) is 76.0 cm³/mol. The average Bonchev–Trinajstić information content (AvgIpc) is 2.93. The van der Waals surface area contributed by atoms with Crippen LogP contribution in [0.2, 0.25) is 0 Å². The fraction of sp³-hybridized carbons (Fsp3) is 0.533. The van der Waals surface area contributed by atoms with Crippen LogP contribution in [0.3, 0.4) is 0 Å².